The first kappa shape index (κ1) is 15.3. The molecule has 2 N–H and O–H groups in total. The Bertz CT molecular complexity index is 651. The molecule has 6 heteroatoms. The van der Waals surface area contributed by atoms with Gasteiger partial charge in [-0.3, -0.25) is 0 Å². The Morgan fingerprint density at radius 2 is 2.10 bits per heavy atom. The van der Waals surface area contributed by atoms with Crippen molar-refractivity contribution in [3.8, 4) is 5.75 Å². The van der Waals surface area contributed by atoms with E-state index in [0.29, 0.717) is 17.2 Å². The lowest BCUT2D eigenvalue weighted by molar-refractivity contribution is 0.0562. The minimum atomic E-state index is -0.464. The highest BCUT2D eigenvalue weighted by Gasteiger charge is 2.16. The molecule has 0 amide bonds. The second kappa shape index (κ2) is 6.58. The molecule has 0 saturated carbocycles. The Hall–Kier alpha value is -2.08. The zero-order valence-electron chi connectivity index (χ0n) is 12.1. The Morgan fingerprint density at radius 1 is 1.33 bits per heavy atom. The number of esters is 1. The molecule has 0 radical (unpaired) electrons. The fourth-order valence-electron chi connectivity index (χ4n) is 1.87. The normalized spacial score (nSPS) is 10.4. The largest absolute Gasteiger partial charge is 0.496 e. The molecule has 2 rings (SSSR count). The molecule has 112 valence electrons. The highest BCUT2D eigenvalue weighted by molar-refractivity contribution is 7.98. The molecule has 1 heterocycles. The van der Waals surface area contributed by atoms with E-state index < -0.39 is 5.97 Å². The molecule has 0 unspecified atom stereocenters. The van der Waals surface area contributed by atoms with Crippen molar-refractivity contribution in [3.05, 3.63) is 41.3 Å². The van der Waals surface area contributed by atoms with Crippen LogP contribution in [0.15, 0.2) is 33.6 Å². The summed E-state index contributed by atoms with van der Waals surface area (Å²) in [5, 5.41) is 0. The summed E-state index contributed by atoms with van der Waals surface area (Å²) < 4.78 is 15.5. The van der Waals surface area contributed by atoms with Crippen molar-refractivity contribution in [2.75, 3.05) is 20.0 Å². The fraction of sp³-hybridized carbons (Fsp3) is 0.267. The highest BCUT2D eigenvalue weighted by atomic mass is 32.2. The van der Waals surface area contributed by atoms with E-state index >= 15 is 0 Å². The van der Waals surface area contributed by atoms with Crippen LogP contribution >= 0.6 is 11.8 Å². The number of benzene rings is 1. The number of rotatable bonds is 5. The number of nitrogen functional groups attached to an aromatic ring is 1. The third kappa shape index (κ3) is 3.52. The van der Waals surface area contributed by atoms with Crippen molar-refractivity contribution < 1.29 is 18.7 Å². The zero-order valence-corrected chi connectivity index (χ0v) is 13.0. The van der Waals surface area contributed by atoms with Crippen LogP contribution in [0.1, 0.15) is 21.9 Å². The van der Waals surface area contributed by atoms with Gasteiger partial charge in [0.2, 0.25) is 5.76 Å². The minimum Gasteiger partial charge on any atom is -0.496 e. The van der Waals surface area contributed by atoms with E-state index in [2.05, 4.69) is 4.74 Å². The summed E-state index contributed by atoms with van der Waals surface area (Å²) in [4.78, 5) is 12.5. The van der Waals surface area contributed by atoms with Crippen molar-refractivity contribution in [2.45, 2.75) is 17.6 Å². The lowest BCUT2D eigenvalue weighted by Crippen LogP contribution is -2.00. The average molecular weight is 307 g/mol. The molecule has 0 saturated heterocycles. The van der Waals surface area contributed by atoms with Gasteiger partial charge in [-0.15, -0.1) is 11.8 Å². The molecule has 0 fully saturated rings. The molecule has 0 aliphatic rings. The van der Waals surface area contributed by atoms with Crippen molar-refractivity contribution in [1.82, 2.24) is 0 Å². The van der Waals surface area contributed by atoms with Crippen LogP contribution < -0.4 is 10.5 Å². The Labute approximate surface area is 127 Å². The number of methoxy groups -OCH3 is 2. The first-order valence-corrected chi connectivity index (χ1v) is 7.27. The monoisotopic (exact) mass is 307 g/mol. The van der Waals surface area contributed by atoms with Gasteiger partial charge in [-0.2, -0.15) is 0 Å². The smallest absolute Gasteiger partial charge is 0.374 e. The van der Waals surface area contributed by atoms with Crippen LogP contribution in [0, 0.1) is 6.92 Å². The first-order chi connectivity index (χ1) is 10.0. The zero-order chi connectivity index (χ0) is 15.4. The summed E-state index contributed by atoms with van der Waals surface area (Å²) in [6, 6.07) is 7.33. The van der Waals surface area contributed by atoms with Crippen LogP contribution in [0.2, 0.25) is 0 Å². The van der Waals surface area contributed by atoms with Gasteiger partial charge in [-0.25, -0.2) is 4.79 Å². The van der Waals surface area contributed by atoms with Crippen LogP contribution in [0.4, 0.5) is 5.69 Å². The standard InChI is InChI=1S/C15H17NO4S/c1-9-6-11(20-14(9)15(17)19-3)8-21-13-5-4-10(16)7-12(13)18-2/h4-7H,8,16H2,1-3H3. The Kier molecular flexibility index (Phi) is 4.80. The first-order valence-electron chi connectivity index (χ1n) is 6.29. The predicted molar refractivity (Wildman–Crippen MR) is 81.8 cm³/mol. The van der Waals surface area contributed by atoms with E-state index in [0.717, 1.165) is 16.2 Å². The van der Waals surface area contributed by atoms with E-state index in [1.807, 2.05) is 25.1 Å². The van der Waals surface area contributed by atoms with E-state index in [9.17, 15) is 4.79 Å². The molecule has 0 bridgehead atoms. The lowest BCUT2D eigenvalue weighted by atomic mass is 10.3. The Balaban J connectivity index is 2.12. The number of nitrogens with two attached hydrogens (primary N) is 1. The van der Waals surface area contributed by atoms with Crippen LogP contribution in [0.3, 0.4) is 0 Å². The summed E-state index contributed by atoms with van der Waals surface area (Å²) in [6.45, 7) is 1.81. The summed E-state index contributed by atoms with van der Waals surface area (Å²) >= 11 is 1.55. The number of ether oxygens (including phenoxy) is 2. The second-order valence-electron chi connectivity index (χ2n) is 4.42. The summed E-state index contributed by atoms with van der Waals surface area (Å²) in [5.41, 5.74) is 7.14. The Morgan fingerprint density at radius 3 is 2.76 bits per heavy atom. The van der Waals surface area contributed by atoms with Gasteiger partial charge in [0.1, 0.15) is 11.5 Å². The van der Waals surface area contributed by atoms with Crippen molar-refractivity contribution in [3.63, 3.8) is 0 Å². The highest BCUT2D eigenvalue weighted by Crippen LogP contribution is 2.33. The van der Waals surface area contributed by atoms with Gasteiger partial charge in [0.25, 0.3) is 0 Å². The predicted octanol–water partition coefficient (Wildman–Crippen LogP) is 3.26. The van der Waals surface area contributed by atoms with Gasteiger partial charge in [0, 0.05) is 22.2 Å². The van der Waals surface area contributed by atoms with Crippen molar-refractivity contribution >= 4 is 23.4 Å². The van der Waals surface area contributed by atoms with Crippen LogP contribution in [-0.4, -0.2) is 20.2 Å². The van der Waals surface area contributed by atoms with Gasteiger partial charge in [-0.05, 0) is 25.1 Å². The molecule has 0 atom stereocenters. The number of carbonyl (C=O) groups excluding carboxylic acids is 1. The van der Waals surface area contributed by atoms with Gasteiger partial charge in [0.15, 0.2) is 0 Å². The molecule has 0 spiro atoms. The van der Waals surface area contributed by atoms with Gasteiger partial charge >= 0.3 is 5.97 Å². The van der Waals surface area contributed by atoms with E-state index in [-0.39, 0.29) is 5.76 Å². The topological polar surface area (TPSA) is 74.7 Å². The van der Waals surface area contributed by atoms with E-state index in [1.165, 1.54) is 7.11 Å². The van der Waals surface area contributed by atoms with Crippen LogP contribution in [0.25, 0.3) is 0 Å². The maximum absolute atomic E-state index is 11.5. The van der Waals surface area contributed by atoms with E-state index in [4.69, 9.17) is 14.9 Å². The minimum absolute atomic E-state index is 0.248. The third-order valence-electron chi connectivity index (χ3n) is 2.90. The molecule has 5 nitrogen and oxygen atoms in total. The van der Waals surface area contributed by atoms with Gasteiger partial charge in [0.05, 0.1) is 20.0 Å². The number of thioether (sulfide) groups is 1. The summed E-state index contributed by atoms with van der Waals surface area (Å²) in [6.07, 6.45) is 0. The fourth-order valence-corrected chi connectivity index (χ4v) is 2.76. The quantitative estimate of drug-likeness (QED) is 0.519. The molecule has 1 aromatic heterocycles. The number of aryl methyl sites for hydroxylation is 1. The molecule has 21 heavy (non-hydrogen) atoms. The van der Waals surface area contributed by atoms with Crippen LogP contribution in [-0.2, 0) is 10.5 Å². The number of hydrogen-bond acceptors (Lipinski definition) is 6. The summed E-state index contributed by atoms with van der Waals surface area (Å²) in [5.74, 6) is 1.79. The summed E-state index contributed by atoms with van der Waals surface area (Å²) in [7, 11) is 2.93. The number of anilines is 1. The lowest BCUT2D eigenvalue weighted by Gasteiger charge is -2.07. The maximum atomic E-state index is 11.5. The third-order valence-corrected chi connectivity index (χ3v) is 3.97. The number of carbonyl (C=O) groups is 1. The second-order valence-corrected chi connectivity index (χ2v) is 5.43. The maximum Gasteiger partial charge on any atom is 0.374 e. The van der Waals surface area contributed by atoms with Crippen molar-refractivity contribution in [1.29, 1.82) is 0 Å². The van der Waals surface area contributed by atoms with Crippen LogP contribution in [0.5, 0.6) is 5.75 Å². The average Bonchev–Trinajstić information content (AvgIpc) is 2.86. The molecule has 1 aromatic carbocycles. The molecular formula is C15H17NO4S. The van der Waals surface area contributed by atoms with Crippen molar-refractivity contribution in [2.24, 2.45) is 0 Å². The molecule has 0 aliphatic heterocycles. The van der Waals surface area contributed by atoms with Gasteiger partial charge in [-0.1, -0.05) is 0 Å². The van der Waals surface area contributed by atoms with E-state index in [1.54, 1.807) is 24.9 Å². The van der Waals surface area contributed by atoms with Gasteiger partial charge < -0.3 is 19.6 Å². The number of furan rings is 1. The molecular weight excluding hydrogens is 290 g/mol. The number of hydrogen-bond donors (Lipinski definition) is 1. The molecule has 2 aromatic rings. The SMILES string of the molecule is COC(=O)c1oc(CSc2ccc(N)cc2OC)cc1C. The molecule has 0 aliphatic carbocycles.